The summed E-state index contributed by atoms with van der Waals surface area (Å²) < 4.78 is 9.54. The summed E-state index contributed by atoms with van der Waals surface area (Å²) in [6, 6.07) is 0.268. The fourth-order valence-corrected chi connectivity index (χ4v) is 0.954. The summed E-state index contributed by atoms with van der Waals surface area (Å²) in [6.45, 7) is 3.53. The maximum Gasteiger partial charge on any atom is 0.336 e. The zero-order valence-corrected chi connectivity index (χ0v) is 7.66. The molecule has 5 heteroatoms. The van der Waals surface area contributed by atoms with Gasteiger partial charge in [-0.25, -0.2) is 4.79 Å². The van der Waals surface area contributed by atoms with Gasteiger partial charge in [0.2, 0.25) is 0 Å². The minimum atomic E-state index is -1.07. The number of aliphatic hydroxyl groups excluding tert-OH is 1. The van der Waals surface area contributed by atoms with Crippen LogP contribution in [0.25, 0.3) is 0 Å². The molecule has 1 aliphatic heterocycles. The molecule has 1 unspecified atom stereocenters. The third-order valence-electron chi connectivity index (χ3n) is 1.80. The second-order valence-electron chi connectivity index (χ2n) is 2.91. The summed E-state index contributed by atoms with van der Waals surface area (Å²) in [4.78, 5) is 10.9. The summed E-state index contributed by atoms with van der Waals surface area (Å²) in [5, 5.41) is 12.2. The molecule has 0 spiro atoms. The Labute approximate surface area is 77.0 Å². The van der Waals surface area contributed by atoms with Crippen molar-refractivity contribution in [2.24, 2.45) is 0 Å². The van der Waals surface area contributed by atoms with Crippen LogP contribution < -0.4 is 5.32 Å². The average Bonchev–Trinajstić information content (AvgIpc) is 2.01. The molecule has 0 bridgehead atoms. The first-order valence-electron chi connectivity index (χ1n) is 4.40. The van der Waals surface area contributed by atoms with Gasteiger partial charge >= 0.3 is 5.97 Å². The van der Waals surface area contributed by atoms with Gasteiger partial charge in [0, 0.05) is 6.54 Å². The van der Waals surface area contributed by atoms with Gasteiger partial charge in [-0.1, -0.05) is 0 Å². The van der Waals surface area contributed by atoms with E-state index in [0.29, 0.717) is 19.8 Å². The Kier molecular flexibility index (Phi) is 4.14. The van der Waals surface area contributed by atoms with Crippen molar-refractivity contribution in [1.82, 2.24) is 5.32 Å². The Balaban J connectivity index is 2.08. The third kappa shape index (κ3) is 3.30. The highest BCUT2D eigenvalue weighted by molar-refractivity contribution is 5.74. The first-order valence-corrected chi connectivity index (χ1v) is 4.40. The van der Waals surface area contributed by atoms with Gasteiger partial charge in [-0.15, -0.1) is 0 Å². The second-order valence-corrected chi connectivity index (χ2v) is 2.91. The Morgan fingerprint density at radius 2 is 2.46 bits per heavy atom. The third-order valence-corrected chi connectivity index (χ3v) is 1.80. The molecule has 0 aliphatic carbocycles. The Morgan fingerprint density at radius 1 is 1.77 bits per heavy atom. The Morgan fingerprint density at radius 3 is 2.92 bits per heavy atom. The lowest BCUT2D eigenvalue weighted by molar-refractivity contribution is -0.153. The lowest BCUT2D eigenvalue weighted by atomic mass is 10.2. The fourth-order valence-electron chi connectivity index (χ4n) is 0.954. The molecule has 1 heterocycles. The van der Waals surface area contributed by atoms with Crippen LogP contribution in [0.1, 0.15) is 6.92 Å². The van der Waals surface area contributed by atoms with E-state index >= 15 is 0 Å². The van der Waals surface area contributed by atoms with Crippen molar-refractivity contribution in [3.8, 4) is 0 Å². The SMILES string of the molecule is CCOC(=O)C(O)CNC1COC1. The molecule has 1 rings (SSSR count). The molecular weight excluding hydrogens is 174 g/mol. The number of rotatable bonds is 5. The highest BCUT2D eigenvalue weighted by Crippen LogP contribution is 1.99. The van der Waals surface area contributed by atoms with Crippen molar-refractivity contribution in [3.63, 3.8) is 0 Å². The Hall–Kier alpha value is -0.650. The predicted molar refractivity (Wildman–Crippen MR) is 45.2 cm³/mol. The number of hydrogen-bond donors (Lipinski definition) is 2. The molecule has 0 aromatic carbocycles. The molecule has 1 atom stereocenters. The number of ether oxygens (including phenoxy) is 2. The van der Waals surface area contributed by atoms with Crippen LogP contribution in [0.4, 0.5) is 0 Å². The van der Waals surface area contributed by atoms with Crippen molar-refractivity contribution in [2.45, 2.75) is 19.1 Å². The monoisotopic (exact) mass is 189 g/mol. The Bertz CT molecular complexity index is 170. The van der Waals surface area contributed by atoms with Crippen LogP contribution in [0.5, 0.6) is 0 Å². The van der Waals surface area contributed by atoms with Crippen LogP contribution in [0, 0.1) is 0 Å². The van der Waals surface area contributed by atoms with E-state index in [9.17, 15) is 9.90 Å². The summed E-state index contributed by atoms with van der Waals surface area (Å²) >= 11 is 0. The molecule has 0 aromatic rings. The molecular formula is C8H15NO4. The van der Waals surface area contributed by atoms with Crippen LogP contribution in [0.3, 0.4) is 0 Å². The van der Waals surface area contributed by atoms with Crippen molar-refractivity contribution >= 4 is 5.97 Å². The fraction of sp³-hybridized carbons (Fsp3) is 0.875. The normalized spacial score (nSPS) is 19.2. The van der Waals surface area contributed by atoms with E-state index in [2.05, 4.69) is 10.1 Å². The maximum absolute atomic E-state index is 10.9. The van der Waals surface area contributed by atoms with E-state index in [1.54, 1.807) is 6.92 Å². The van der Waals surface area contributed by atoms with E-state index in [1.807, 2.05) is 0 Å². The van der Waals surface area contributed by atoms with Gasteiger partial charge in [0.1, 0.15) is 0 Å². The van der Waals surface area contributed by atoms with Gasteiger partial charge in [-0.3, -0.25) is 0 Å². The molecule has 76 valence electrons. The van der Waals surface area contributed by atoms with Crippen molar-refractivity contribution < 1.29 is 19.4 Å². The number of esters is 1. The van der Waals surface area contributed by atoms with Crippen molar-refractivity contribution in [3.05, 3.63) is 0 Å². The van der Waals surface area contributed by atoms with E-state index in [4.69, 9.17) is 4.74 Å². The molecule has 0 saturated carbocycles. The molecule has 13 heavy (non-hydrogen) atoms. The van der Waals surface area contributed by atoms with Crippen LogP contribution in [0.15, 0.2) is 0 Å². The van der Waals surface area contributed by atoms with Crippen LogP contribution >= 0.6 is 0 Å². The predicted octanol–water partition coefficient (Wildman–Crippen LogP) is -1.10. The summed E-state index contributed by atoms with van der Waals surface area (Å²) in [5.74, 6) is -0.574. The van der Waals surface area contributed by atoms with Gasteiger partial charge in [0.15, 0.2) is 6.10 Å². The average molecular weight is 189 g/mol. The largest absolute Gasteiger partial charge is 0.464 e. The summed E-state index contributed by atoms with van der Waals surface area (Å²) in [5.41, 5.74) is 0. The molecule has 0 radical (unpaired) electrons. The molecule has 2 N–H and O–H groups in total. The van der Waals surface area contributed by atoms with E-state index in [1.165, 1.54) is 0 Å². The van der Waals surface area contributed by atoms with Gasteiger partial charge < -0.3 is 19.9 Å². The van der Waals surface area contributed by atoms with Crippen LogP contribution in [0.2, 0.25) is 0 Å². The number of hydrogen-bond acceptors (Lipinski definition) is 5. The molecule has 1 saturated heterocycles. The minimum Gasteiger partial charge on any atom is -0.464 e. The van der Waals surface area contributed by atoms with E-state index < -0.39 is 12.1 Å². The number of aliphatic hydroxyl groups is 1. The van der Waals surface area contributed by atoms with Gasteiger partial charge in [-0.2, -0.15) is 0 Å². The maximum atomic E-state index is 10.9. The second kappa shape index (κ2) is 5.16. The zero-order valence-electron chi connectivity index (χ0n) is 7.66. The van der Waals surface area contributed by atoms with E-state index in [-0.39, 0.29) is 12.6 Å². The number of carbonyl (C=O) groups is 1. The first-order chi connectivity index (χ1) is 6.24. The van der Waals surface area contributed by atoms with E-state index in [0.717, 1.165) is 0 Å². The number of nitrogens with one attached hydrogen (secondary N) is 1. The van der Waals surface area contributed by atoms with Gasteiger partial charge in [-0.05, 0) is 6.92 Å². The number of carbonyl (C=O) groups excluding carboxylic acids is 1. The summed E-state index contributed by atoms with van der Waals surface area (Å²) in [6.07, 6.45) is -1.07. The lowest BCUT2D eigenvalue weighted by Crippen LogP contribution is -2.49. The topological polar surface area (TPSA) is 67.8 Å². The van der Waals surface area contributed by atoms with Crippen molar-refractivity contribution in [1.29, 1.82) is 0 Å². The molecule has 0 amide bonds. The van der Waals surface area contributed by atoms with Crippen LogP contribution in [-0.2, 0) is 14.3 Å². The van der Waals surface area contributed by atoms with Crippen LogP contribution in [-0.4, -0.2) is 49.6 Å². The smallest absolute Gasteiger partial charge is 0.336 e. The molecule has 5 nitrogen and oxygen atoms in total. The highest BCUT2D eigenvalue weighted by Gasteiger charge is 2.21. The molecule has 0 aromatic heterocycles. The quantitative estimate of drug-likeness (QED) is 0.537. The standard InChI is InChI=1S/C8H15NO4/c1-2-13-8(11)7(10)3-9-6-4-12-5-6/h6-7,9-10H,2-5H2,1H3. The van der Waals surface area contributed by atoms with Gasteiger partial charge in [0.25, 0.3) is 0 Å². The minimum absolute atomic E-state index is 0.229. The molecule has 1 fully saturated rings. The first kappa shape index (κ1) is 10.4. The lowest BCUT2D eigenvalue weighted by Gasteiger charge is -2.27. The van der Waals surface area contributed by atoms with Gasteiger partial charge in [0.05, 0.1) is 25.9 Å². The summed E-state index contributed by atoms with van der Waals surface area (Å²) in [7, 11) is 0. The highest BCUT2D eigenvalue weighted by atomic mass is 16.5. The zero-order chi connectivity index (χ0) is 9.68. The van der Waals surface area contributed by atoms with Crippen molar-refractivity contribution in [2.75, 3.05) is 26.4 Å². The molecule has 1 aliphatic rings.